The molecule has 0 aromatic carbocycles. The molecule has 7 nitrogen and oxygen atoms in total. The van der Waals surface area contributed by atoms with Crippen molar-refractivity contribution < 1.29 is 14.4 Å². The minimum absolute atomic E-state index is 0.0555. The molecule has 3 N–H and O–H groups in total. The molecule has 0 spiro atoms. The summed E-state index contributed by atoms with van der Waals surface area (Å²) < 4.78 is 0. The third-order valence-corrected chi connectivity index (χ3v) is 5.15. The predicted molar refractivity (Wildman–Crippen MR) is 108 cm³/mol. The number of hydrogen-bond acceptors (Lipinski definition) is 4. The van der Waals surface area contributed by atoms with E-state index in [-0.39, 0.29) is 23.6 Å². The molecule has 3 atom stereocenters. The van der Waals surface area contributed by atoms with Gasteiger partial charge in [-0.2, -0.15) is 5.26 Å². The fourth-order valence-electron chi connectivity index (χ4n) is 3.33. The van der Waals surface area contributed by atoms with Gasteiger partial charge < -0.3 is 16.0 Å². The van der Waals surface area contributed by atoms with Gasteiger partial charge in [0.2, 0.25) is 17.7 Å². The van der Waals surface area contributed by atoms with Crippen LogP contribution in [0.1, 0.15) is 79.6 Å². The molecule has 0 aliphatic heterocycles. The standard InChI is InChI=1S/C21H36N4O3/c1-6-7-12-16(24-20(28)21(3,4)5)18(26)25-17(15-10-8-9-11-15)19(27)23-14(2)13-22/h14-17H,6-12H2,1-5H3,(H,23,27)(H,24,28)(H,25,26)/t14?,16-,17?/m0/s1. The molecule has 1 fully saturated rings. The van der Waals surface area contributed by atoms with Crippen LogP contribution in [0.25, 0.3) is 0 Å². The summed E-state index contributed by atoms with van der Waals surface area (Å²) in [5, 5.41) is 17.4. The molecule has 0 bridgehead atoms. The minimum Gasteiger partial charge on any atom is -0.344 e. The van der Waals surface area contributed by atoms with Crippen molar-refractivity contribution in [3.63, 3.8) is 0 Å². The molecule has 158 valence electrons. The lowest BCUT2D eigenvalue weighted by molar-refractivity contribution is -0.135. The van der Waals surface area contributed by atoms with E-state index in [9.17, 15) is 14.4 Å². The van der Waals surface area contributed by atoms with Gasteiger partial charge in [0.1, 0.15) is 18.1 Å². The molecule has 2 unspecified atom stereocenters. The second-order valence-electron chi connectivity index (χ2n) is 8.81. The third kappa shape index (κ3) is 7.49. The smallest absolute Gasteiger partial charge is 0.243 e. The lowest BCUT2D eigenvalue weighted by Crippen LogP contribution is -2.57. The fraction of sp³-hybridized carbons (Fsp3) is 0.810. The van der Waals surface area contributed by atoms with Gasteiger partial charge in [0.15, 0.2) is 0 Å². The van der Waals surface area contributed by atoms with E-state index in [1.165, 1.54) is 0 Å². The molecule has 28 heavy (non-hydrogen) atoms. The Balaban J connectivity index is 2.91. The van der Waals surface area contributed by atoms with Crippen molar-refractivity contribution in [3.8, 4) is 6.07 Å². The van der Waals surface area contributed by atoms with Crippen LogP contribution in [0.2, 0.25) is 0 Å². The maximum atomic E-state index is 13.0. The van der Waals surface area contributed by atoms with Crippen LogP contribution in [0.3, 0.4) is 0 Å². The van der Waals surface area contributed by atoms with Crippen LogP contribution in [-0.4, -0.2) is 35.8 Å². The lowest BCUT2D eigenvalue weighted by Gasteiger charge is -2.28. The largest absolute Gasteiger partial charge is 0.344 e. The van der Waals surface area contributed by atoms with E-state index in [0.717, 1.165) is 38.5 Å². The maximum Gasteiger partial charge on any atom is 0.243 e. The number of rotatable bonds is 9. The molecule has 7 heteroatoms. The molecule has 1 rings (SSSR count). The van der Waals surface area contributed by atoms with Crippen molar-refractivity contribution in [1.82, 2.24) is 16.0 Å². The van der Waals surface area contributed by atoms with Gasteiger partial charge in [0, 0.05) is 5.41 Å². The molecule has 1 saturated carbocycles. The van der Waals surface area contributed by atoms with Crippen LogP contribution in [-0.2, 0) is 14.4 Å². The van der Waals surface area contributed by atoms with E-state index in [1.807, 2.05) is 13.0 Å². The SMILES string of the molecule is CCCC[C@H](NC(=O)C(C)(C)C)C(=O)NC(C(=O)NC(C)C#N)C1CCCC1. The van der Waals surface area contributed by atoms with Crippen molar-refractivity contribution >= 4 is 17.7 Å². The molecule has 0 aromatic heterocycles. The Kier molecular flexibility index (Phi) is 9.44. The number of nitrogens with zero attached hydrogens (tertiary/aromatic N) is 1. The summed E-state index contributed by atoms with van der Waals surface area (Å²) >= 11 is 0. The van der Waals surface area contributed by atoms with Crippen LogP contribution in [0.5, 0.6) is 0 Å². The molecule has 3 amide bonds. The second-order valence-corrected chi connectivity index (χ2v) is 8.81. The summed E-state index contributed by atoms with van der Waals surface area (Å²) in [6, 6.07) is 0.0169. The van der Waals surface area contributed by atoms with Crippen LogP contribution in [0.4, 0.5) is 0 Å². The Morgan fingerprint density at radius 3 is 2.18 bits per heavy atom. The van der Waals surface area contributed by atoms with Gasteiger partial charge in [-0.25, -0.2) is 0 Å². The molecule has 1 aliphatic rings. The van der Waals surface area contributed by atoms with Gasteiger partial charge in [-0.15, -0.1) is 0 Å². The summed E-state index contributed by atoms with van der Waals surface area (Å²) in [5.41, 5.74) is -0.602. The van der Waals surface area contributed by atoms with Gasteiger partial charge in [-0.3, -0.25) is 14.4 Å². The average molecular weight is 393 g/mol. The van der Waals surface area contributed by atoms with Crippen LogP contribution in [0.15, 0.2) is 0 Å². The summed E-state index contributed by atoms with van der Waals surface area (Å²) in [5.74, 6) is -0.794. The van der Waals surface area contributed by atoms with Gasteiger partial charge >= 0.3 is 0 Å². The van der Waals surface area contributed by atoms with Crippen molar-refractivity contribution in [2.45, 2.75) is 97.7 Å². The Morgan fingerprint density at radius 1 is 1.07 bits per heavy atom. The highest BCUT2D eigenvalue weighted by molar-refractivity contribution is 5.93. The van der Waals surface area contributed by atoms with E-state index in [1.54, 1.807) is 27.7 Å². The normalized spacial score (nSPS) is 17.9. The monoisotopic (exact) mass is 392 g/mol. The fourth-order valence-corrected chi connectivity index (χ4v) is 3.33. The van der Waals surface area contributed by atoms with Gasteiger partial charge in [0.25, 0.3) is 0 Å². The Hall–Kier alpha value is -2.10. The zero-order valence-corrected chi connectivity index (χ0v) is 17.9. The van der Waals surface area contributed by atoms with Crippen LogP contribution < -0.4 is 16.0 Å². The molecule has 0 radical (unpaired) electrons. The summed E-state index contributed by atoms with van der Waals surface area (Å²) in [7, 11) is 0. The number of carbonyl (C=O) groups is 3. The van der Waals surface area contributed by atoms with Gasteiger partial charge in [-0.1, -0.05) is 53.4 Å². The van der Waals surface area contributed by atoms with E-state index in [4.69, 9.17) is 5.26 Å². The van der Waals surface area contributed by atoms with E-state index in [0.29, 0.717) is 6.42 Å². The molecule has 0 aromatic rings. The van der Waals surface area contributed by atoms with Gasteiger partial charge in [0.05, 0.1) is 6.07 Å². The molecule has 0 heterocycles. The number of nitrogens with one attached hydrogen (secondary N) is 3. The van der Waals surface area contributed by atoms with Crippen molar-refractivity contribution in [1.29, 1.82) is 5.26 Å². The van der Waals surface area contributed by atoms with Crippen LogP contribution >= 0.6 is 0 Å². The van der Waals surface area contributed by atoms with E-state index >= 15 is 0 Å². The first-order valence-corrected chi connectivity index (χ1v) is 10.4. The second kappa shape index (κ2) is 11.0. The Morgan fingerprint density at radius 2 is 1.68 bits per heavy atom. The third-order valence-electron chi connectivity index (χ3n) is 5.15. The Bertz CT molecular complexity index is 585. The number of carbonyl (C=O) groups excluding carboxylic acids is 3. The minimum atomic E-state index is -0.679. The molecule has 1 aliphatic carbocycles. The number of amides is 3. The van der Waals surface area contributed by atoms with Gasteiger partial charge in [-0.05, 0) is 32.1 Å². The maximum absolute atomic E-state index is 13.0. The Labute approximate surface area is 169 Å². The summed E-state index contributed by atoms with van der Waals surface area (Å²) in [6.07, 6.45) is 6.02. The number of unbranched alkanes of at least 4 members (excludes halogenated alkanes) is 1. The topological polar surface area (TPSA) is 111 Å². The molecular formula is C21H36N4O3. The predicted octanol–water partition coefficient (Wildman–Crippen LogP) is 2.41. The lowest BCUT2D eigenvalue weighted by atomic mass is 9.94. The molecular weight excluding hydrogens is 356 g/mol. The average Bonchev–Trinajstić information content (AvgIpc) is 3.15. The van der Waals surface area contributed by atoms with Crippen LogP contribution in [0, 0.1) is 22.7 Å². The molecule has 0 saturated heterocycles. The highest BCUT2D eigenvalue weighted by atomic mass is 16.2. The zero-order chi connectivity index (χ0) is 21.3. The number of nitriles is 1. The quantitative estimate of drug-likeness (QED) is 0.559. The summed E-state index contributed by atoms with van der Waals surface area (Å²) in [4.78, 5) is 38.1. The zero-order valence-electron chi connectivity index (χ0n) is 17.9. The first-order valence-electron chi connectivity index (χ1n) is 10.4. The van der Waals surface area contributed by atoms with Crippen molar-refractivity contribution in [2.75, 3.05) is 0 Å². The summed E-state index contributed by atoms with van der Waals surface area (Å²) in [6.45, 7) is 9.04. The van der Waals surface area contributed by atoms with Crippen molar-refractivity contribution in [2.24, 2.45) is 11.3 Å². The highest BCUT2D eigenvalue weighted by Crippen LogP contribution is 2.28. The first-order chi connectivity index (χ1) is 13.1. The highest BCUT2D eigenvalue weighted by Gasteiger charge is 2.35. The first kappa shape index (κ1) is 23.9. The van der Waals surface area contributed by atoms with Crippen molar-refractivity contribution in [3.05, 3.63) is 0 Å². The van der Waals surface area contributed by atoms with E-state index in [2.05, 4.69) is 16.0 Å². The number of hydrogen-bond donors (Lipinski definition) is 3. The van der Waals surface area contributed by atoms with E-state index < -0.39 is 23.5 Å².